The van der Waals surface area contributed by atoms with Gasteiger partial charge in [0, 0.05) is 59.6 Å². The Bertz CT molecular complexity index is 3840. The van der Waals surface area contributed by atoms with Crippen molar-refractivity contribution >= 4 is 100 Å². The highest BCUT2D eigenvalue weighted by Gasteiger charge is 2.49. The Morgan fingerprint density at radius 2 is 1.21 bits per heavy atom. The van der Waals surface area contributed by atoms with Gasteiger partial charge < -0.3 is 14.6 Å². The fraction of sp³-hybridized carbons (Fsp3) is 0.143. The van der Waals surface area contributed by atoms with E-state index < -0.39 is 5.41 Å². The first-order valence-corrected chi connectivity index (χ1v) is 25.0. The van der Waals surface area contributed by atoms with Gasteiger partial charge in [0.15, 0.2) is 7.28 Å². The van der Waals surface area contributed by atoms with Crippen molar-refractivity contribution in [3.63, 3.8) is 0 Å². The summed E-state index contributed by atoms with van der Waals surface area (Å²) in [5, 5.41) is 9.03. The fourth-order valence-electron chi connectivity index (χ4n) is 12.7. The normalized spacial score (nSPS) is 16.0. The standard InChI is InChI=1S/C63H49BN2OS/c1-61(2)34-35-62(3,4)47-36-40(30-32-44(47)61)65-59-43(31-33-54-56(59)42-23-12-16-29-53(42)68-54)57-55-41-22-11-15-28-51(41)67-52(55)37-50-58(57)64-48-26-17-25-46-60(48)66(50)49-27-14-13-24-45(49)63(46,38-18-7-5-8-19-38)39-20-9-6-10-21-39/h5-33,36-37,64-65H,34-35H2,1-4H3. The average Bonchev–Trinajstić information content (AvgIpc) is 3.94. The van der Waals surface area contributed by atoms with Crippen LogP contribution in [0.5, 0.6) is 0 Å². The van der Waals surface area contributed by atoms with Crippen LogP contribution in [0.4, 0.5) is 28.4 Å². The van der Waals surface area contributed by atoms with E-state index in [1.807, 2.05) is 11.3 Å². The highest BCUT2D eigenvalue weighted by molar-refractivity contribution is 7.26. The van der Waals surface area contributed by atoms with Crippen LogP contribution in [-0.2, 0) is 16.2 Å². The summed E-state index contributed by atoms with van der Waals surface area (Å²) in [5.41, 5.74) is 20.3. The van der Waals surface area contributed by atoms with Crippen molar-refractivity contribution in [3.8, 4) is 11.1 Å². The summed E-state index contributed by atoms with van der Waals surface area (Å²) in [6.07, 6.45) is 2.35. The van der Waals surface area contributed by atoms with Crippen LogP contribution in [0.2, 0.25) is 0 Å². The predicted octanol–water partition coefficient (Wildman–Crippen LogP) is 15.6. The van der Waals surface area contributed by atoms with Crippen LogP contribution in [-0.4, -0.2) is 7.28 Å². The largest absolute Gasteiger partial charge is 0.456 e. The van der Waals surface area contributed by atoms with Crippen molar-refractivity contribution < 1.29 is 4.42 Å². The highest BCUT2D eigenvalue weighted by atomic mass is 32.1. The molecule has 5 heteroatoms. The Labute approximate surface area is 401 Å². The fourth-order valence-corrected chi connectivity index (χ4v) is 13.8. The number of hydrogen-bond donors (Lipinski definition) is 1. The van der Waals surface area contributed by atoms with E-state index in [1.165, 1.54) is 93.4 Å². The van der Waals surface area contributed by atoms with Gasteiger partial charge in [0.25, 0.3) is 0 Å². The van der Waals surface area contributed by atoms with Crippen molar-refractivity contribution in [2.75, 3.05) is 10.2 Å². The molecule has 11 aromatic rings. The van der Waals surface area contributed by atoms with Crippen LogP contribution in [0, 0.1) is 0 Å². The van der Waals surface area contributed by atoms with Gasteiger partial charge in [0.05, 0.1) is 16.8 Å². The van der Waals surface area contributed by atoms with Crippen LogP contribution >= 0.6 is 11.3 Å². The zero-order valence-corrected chi connectivity index (χ0v) is 39.6. The topological polar surface area (TPSA) is 28.4 Å². The minimum Gasteiger partial charge on any atom is -0.456 e. The van der Waals surface area contributed by atoms with E-state index in [4.69, 9.17) is 4.42 Å². The molecular weight excluding hydrogens is 844 g/mol. The van der Waals surface area contributed by atoms with Crippen LogP contribution in [0.25, 0.3) is 53.2 Å². The summed E-state index contributed by atoms with van der Waals surface area (Å²) in [6, 6.07) is 70.3. The maximum absolute atomic E-state index is 7.04. The zero-order valence-electron chi connectivity index (χ0n) is 38.8. The molecule has 2 aliphatic heterocycles. The first-order chi connectivity index (χ1) is 33.2. The minimum atomic E-state index is -0.550. The molecule has 1 N–H and O–H groups in total. The molecule has 0 saturated carbocycles. The Kier molecular flexibility index (Phi) is 8.39. The van der Waals surface area contributed by atoms with Gasteiger partial charge in [-0.2, -0.15) is 0 Å². The number of nitrogens with one attached hydrogen (secondary N) is 1. The maximum Gasteiger partial charge on any atom is 0.198 e. The molecule has 1 aliphatic carbocycles. The zero-order chi connectivity index (χ0) is 45.5. The number of rotatable bonds is 5. The van der Waals surface area contributed by atoms with Gasteiger partial charge in [-0.25, -0.2) is 0 Å². The maximum atomic E-state index is 7.04. The van der Waals surface area contributed by atoms with Crippen LogP contribution in [0.15, 0.2) is 192 Å². The quantitative estimate of drug-likeness (QED) is 0.175. The lowest BCUT2D eigenvalue weighted by Gasteiger charge is -2.49. The van der Waals surface area contributed by atoms with E-state index in [9.17, 15) is 0 Å². The lowest BCUT2D eigenvalue weighted by atomic mass is 9.54. The molecule has 0 bridgehead atoms. The van der Waals surface area contributed by atoms with E-state index in [1.54, 1.807) is 0 Å². The smallest absolute Gasteiger partial charge is 0.198 e. The second-order valence-electron chi connectivity index (χ2n) is 20.7. The first kappa shape index (κ1) is 39.8. The van der Waals surface area contributed by atoms with Crippen LogP contribution < -0.4 is 21.1 Å². The number of para-hydroxylation sites is 3. The van der Waals surface area contributed by atoms with Crippen LogP contribution in [0.3, 0.4) is 0 Å². The molecule has 4 heterocycles. The number of nitrogens with zero attached hydrogens (tertiary/aromatic N) is 1. The minimum absolute atomic E-state index is 0.0718. The van der Waals surface area contributed by atoms with Gasteiger partial charge in [-0.05, 0) is 104 Å². The van der Waals surface area contributed by atoms with E-state index in [0.29, 0.717) is 0 Å². The van der Waals surface area contributed by atoms with Crippen molar-refractivity contribution in [2.24, 2.45) is 0 Å². The Hall–Kier alpha value is -7.34. The molecule has 326 valence electrons. The summed E-state index contributed by atoms with van der Waals surface area (Å²) >= 11 is 1.87. The molecule has 68 heavy (non-hydrogen) atoms. The Morgan fingerprint density at radius 3 is 2.00 bits per heavy atom. The summed E-state index contributed by atoms with van der Waals surface area (Å²) < 4.78 is 9.60. The molecule has 9 aromatic carbocycles. The molecule has 0 atom stereocenters. The molecular formula is C63H49BN2OS. The molecule has 0 radical (unpaired) electrons. The number of thiophene rings is 1. The lowest BCUT2D eigenvalue weighted by molar-refractivity contribution is 0.332. The summed E-state index contributed by atoms with van der Waals surface area (Å²) in [7, 11) is 0.756. The van der Waals surface area contributed by atoms with E-state index >= 15 is 0 Å². The van der Waals surface area contributed by atoms with Gasteiger partial charge in [-0.15, -0.1) is 11.3 Å². The number of hydrogen-bond acceptors (Lipinski definition) is 4. The molecule has 3 aliphatic rings. The molecule has 0 saturated heterocycles. The SMILES string of the molecule is CC1(C)CCC(C)(C)c2cc(Nc3c(-c4c5c(cc6oc7ccccc7c46)N4c6ccccc6C(c6ccccc6)(c6ccccc6)c6cccc(c64)B5)ccc4sc5ccccc5c34)ccc21. The van der Waals surface area contributed by atoms with E-state index in [0.717, 1.165) is 52.7 Å². The summed E-state index contributed by atoms with van der Waals surface area (Å²) in [5.74, 6) is 0. The van der Waals surface area contributed by atoms with Crippen molar-refractivity contribution in [3.05, 3.63) is 221 Å². The van der Waals surface area contributed by atoms with Gasteiger partial charge in [0.2, 0.25) is 0 Å². The molecule has 2 aromatic heterocycles. The summed E-state index contributed by atoms with van der Waals surface area (Å²) in [6.45, 7) is 9.67. The molecule has 0 spiro atoms. The lowest BCUT2D eigenvalue weighted by Crippen LogP contribution is -2.47. The van der Waals surface area contributed by atoms with Gasteiger partial charge in [-0.1, -0.05) is 179 Å². The average molecular weight is 893 g/mol. The summed E-state index contributed by atoms with van der Waals surface area (Å²) in [4.78, 5) is 2.58. The highest BCUT2D eigenvalue weighted by Crippen LogP contribution is 2.59. The third-order valence-electron chi connectivity index (χ3n) is 16.0. The van der Waals surface area contributed by atoms with Crippen molar-refractivity contribution in [1.82, 2.24) is 0 Å². The number of anilines is 5. The number of fused-ring (bicyclic) bond motifs is 11. The molecule has 14 rings (SSSR count). The predicted molar refractivity (Wildman–Crippen MR) is 290 cm³/mol. The second kappa shape index (κ2) is 14.3. The second-order valence-corrected chi connectivity index (χ2v) is 21.7. The third kappa shape index (κ3) is 5.48. The monoisotopic (exact) mass is 892 g/mol. The molecule has 0 unspecified atom stereocenters. The van der Waals surface area contributed by atoms with E-state index in [2.05, 4.69) is 226 Å². The number of furan rings is 1. The molecule has 0 fully saturated rings. The Balaban J connectivity index is 1.08. The van der Waals surface area contributed by atoms with Crippen molar-refractivity contribution in [2.45, 2.75) is 56.8 Å². The first-order valence-electron chi connectivity index (χ1n) is 24.2. The molecule has 0 amide bonds. The van der Waals surface area contributed by atoms with Crippen LogP contribution in [0.1, 0.15) is 73.9 Å². The van der Waals surface area contributed by atoms with Gasteiger partial charge >= 0.3 is 0 Å². The molecule has 3 nitrogen and oxygen atoms in total. The van der Waals surface area contributed by atoms with Gasteiger partial charge in [-0.3, -0.25) is 0 Å². The van der Waals surface area contributed by atoms with Gasteiger partial charge in [0.1, 0.15) is 11.2 Å². The third-order valence-corrected chi connectivity index (χ3v) is 17.1. The number of benzene rings is 9. The van der Waals surface area contributed by atoms with Crippen molar-refractivity contribution in [1.29, 1.82) is 0 Å². The van der Waals surface area contributed by atoms with E-state index in [-0.39, 0.29) is 10.8 Å². The Morgan fingerprint density at radius 1 is 0.529 bits per heavy atom.